The third-order valence-corrected chi connectivity index (χ3v) is 3.74. The molecule has 2 amide bonds. The van der Waals surface area contributed by atoms with Crippen molar-refractivity contribution in [1.82, 2.24) is 20.0 Å². The van der Waals surface area contributed by atoms with E-state index in [0.29, 0.717) is 6.54 Å². The largest absolute Gasteiger partial charge is 0.368 e. The van der Waals surface area contributed by atoms with Crippen LogP contribution in [0.5, 0.6) is 0 Å². The SMILES string of the molecule is Cc1nn(-c2ccccc2)c(C)c1CN(C)CC(=O)NCC(N)=O. The van der Waals surface area contributed by atoms with Crippen LogP contribution in [-0.2, 0) is 16.1 Å². The molecule has 1 aromatic carbocycles. The number of primary amides is 1. The second-order valence-corrected chi connectivity index (χ2v) is 5.81. The van der Waals surface area contributed by atoms with Gasteiger partial charge in [0, 0.05) is 17.8 Å². The van der Waals surface area contributed by atoms with E-state index in [4.69, 9.17) is 5.73 Å². The molecule has 24 heavy (non-hydrogen) atoms. The smallest absolute Gasteiger partial charge is 0.236 e. The molecule has 1 aromatic heterocycles. The number of para-hydroxylation sites is 1. The molecule has 7 nitrogen and oxygen atoms in total. The standard InChI is InChI=1S/C17H23N5O2/c1-12-15(10-21(3)11-17(24)19-9-16(18)23)13(2)22(20-12)14-7-5-4-6-8-14/h4-8H,9-11H2,1-3H3,(H2,18,23)(H,19,24). The van der Waals surface area contributed by atoms with Gasteiger partial charge >= 0.3 is 0 Å². The first kappa shape index (κ1) is 17.7. The Labute approximate surface area is 141 Å². The van der Waals surface area contributed by atoms with Gasteiger partial charge in [0.2, 0.25) is 11.8 Å². The Morgan fingerprint density at radius 1 is 1.25 bits per heavy atom. The van der Waals surface area contributed by atoms with Crippen LogP contribution < -0.4 is 11.1 Å². The zero-order valence-electron chi connectivity index (χ0n) is 14.2. The lowest BCUT2D eigenvalue weighted by molar-refractivity contribution is -0.125. The highest BCUT2D eigenvalue weighted by Gasteiger charge is 2.16. The number of benzene rings is 1. The Kier molecular flexibility index (Phi) is 5.70. The summed E-state index contributed by atoms with van der Waals surface area (Å²) in [6.45, 7) is 4.61. The molecule has 7 heteroatoms. The molecule has 0 saturated heterocycles. The van der Waals surface area contributed by atoms with Gasteiger partial charge in [0.15, 0.2) is 0 Å². The lowest BCUT2D eigenvalue weighted by atomic mass is 10.2. The van der Waals surface area contributed by atoms with Crippen molar-refractivity contribution in [2.45, 2.75) is 20.4 Å². The number of aryl methyl sites for hydroxylation is 1. The number of aromatic nitrogens is 2. The number of nitrogens with one attached hydrogen (secondary N) is 1. The van der Waals surface area contributed by atoms with Gasteiger partial charge in [-0.25, -0.2) is 4.68 Å². The molecule has 0 aliphatic rings. The summed E-state index contributed by atoms with van der Waals surface area (Å²) in [5.74, 6) is -0.788. The number of carbonyl (C=O) groups excluding carboxylic acids is 2. The number of hydrogen-bond donors (Lipinski definition) is 2. The Morgan fingerprint density at radius 3 is 2.54 bits per heavy atom. The van der Waals surface area contributed by atoms with E-state index in [-0.39, 0.29) is 19.0 Å². The number of nitrogens with two attached hydrogens (primary N) is 1. The lowest BCUT2D eigenvalue weighted by Crippen LogP contribution is -2.39. The molecule has 0 aliphatic heterocycles. The Hall–Kier alpha value is -2.67. The van der Waals surface area contributed by atoms with E-state index in [2.05, 4.69) is 10.4 Å². The number of carbonyl (C=O) groups is 2. The second-order valence-electron chi connectivity index (χ2n) is 5.81. The van der Waals surface area contributed by atoms with E-state index in [1.165, 1.54) is 0 Å². The molecule has 0 spiro atoms. The van der Waals surface area contributed by atoms with E-state index < -0.39 is 5.91 Å². The molecular formula is C17H23N5O2. The third kappa shape index (κ3) is 4.42. The van der Waals surface area contributed by atoms with Crippen molar-refractivity contribution in [2.24, 2.45) is 5.73 Å². The fourth-order valence-corrected chi connectivity index (χ4v) is 2.54. The molecule has 0 aliphatic carbocycles. The fourth-order valence-electron chi connectivity index (χ4n) is 2.54. The molecular weight excluding hydrogens is 306 g/mol. The minimum atomic E-state index is -0.554. The van der Waals surface area contributed by atoms with Crippen LogP contribution in [0.4, 0.5) is 0 Å². The first-order valence-corrected chi connectivity index (χ1v) is 7.72. The highest BCUT2D eigenvalue weighted by atomic mass is 16.2. The topological polar surface area (TPSA) is 93.2 Å². The monoisotopic (exact) mass is 329 g/mol. The van der Waals surface area contributed by atoms with Gasteiger partial charge in [-0.1, -0.05) is 18.2 Å². The minimum absolute atomic E-state index is 0.142. The third-order valence-electron chi connectivity index (χ3n) is 3.74. The minimum Gasteiger partial charge on any atom is -0.368 e. The van der Waals surface area contributed by atoms with E-state index in [1.54, 1.807) is 0 Å². The van der Waals surface area contributed by atoms with Gasteiger partial charge in [-0.3, -0.25) is 14.5 Å². The molecule has 2 aromatic rings. The highest BCUT2D eigenvalue weighted by Crippen LogP contribution is 2.19. The van der Waals surface area contributed by atoms with Crippen molar-refractivity contribution >= 4 is 11.8 Å². The summed E-state index contributed by atoms with van der Waals surface area (Å²) in [7, 11) is 1.85. The van der Waals surface area contributed by atoms with Crippen LogP contribution in [0, 0.1) is 13.8 Å². The fraction of sp³-hybridized carbons (Fsp3) is 0.353. The number of likely N-dealkylation sites (N-methyl/N-ethyl adjacent to an activating group) is 1. The van der Waals surface area contributed by atoms with Gasteiger partial charge in [0.25, 0.3) is 0 Å². The van der Waals surface area contributed by atoms with Gasteiger partial charge in [-0.2, -0.15) is 5.10 Å². The van der Waals surface area contributed by atoms with E-state index in [9.17, 15) is 9.59 Å². The first-order chi connectivity index (χ1) is 11.4. The van der Waals surface area contributed by atoms with Crippen molar-refractivity contribution in [3.05, 3.63) is 47.3 Å². The molecule has 1 heterocycles. The normalized spacial score (nSPS) is 10.8. The Balaban J connectivity index is 2.06. The summed E-state index contributed by atoms with van der Waals surface area (Å²) in [6, 6.07) is 9.92. The van der Waals surface area contributed by atoms with Gasteiger partial charge in [0.1, 0.15) is 0 Å². The van der Waals surface area contributed by atoms with Crippen molar-refractivity contribution in [3.63, 3.8) is 0 Å². The number of amides is 2. The maximum Gasteiger partial charge on any atom is 0.236 e. The van der Waals surface area contributed by atoms with Crippen LogP contribution in [0.15, 0.2) is 30.3 Å². The van der Waals surface area contributed by atoms with Gasteiger partial charge in [-0.15, -0.1) is 0 Å². The summed E-state index contributed by atoms with van der Waals surface area (Å²) in [5, 5.41) is 7.08. The van der Waals surface area contributed by atoms with E-state index in [0.717, 1.165) is 22.6 Å². The lowest BCUT2D eigenvalue weighted by Gasteiger charge is -2.16. The summed E-state index contributed by atoms with van der Waals surface area (Å²) in [4.78, 5) is 24.3. The Bertz CT molecular complexity index is 724. The summed E-state index contributed by atoms with van der Waals surface area (Å²) in [5.41, 5.74) is 9.08. The van der Waals surface area contributed by atoms with Crippen molar-refractivity contribution in [3.8, 4) is 5.69 Å². The molecule has 0 radical (unpaired) electrons. The van der Waals surface area contributed by atoms with Crippen LogP contribution in [0.3, 0.4) is 0 Å². The van der Waals surface area contributed by atoms with Crippen molar-refractivity contribution in [1.29, 1.82) is 0 Å². The molecule has 0 fully saturated rings. The maximum absolute atomic E-state index is 11.8. The highest BCUT2D eigenvalue weighted by molar-refractivity contribution is 5.84. The van der Waals surface area contributed by atoms with Crippen molar-refractivity contribution in [2.75, 3.05) is 20.1 Å². The molecule has 0 atom stereocenters. The summed E-state index contributed by atoms with van der Waals surface area (Å²) >= 11 is 0. The van der Waals surface area contributed by atoms with Crippen LogP contribution in [0.1, 0.15) is 17.0 Å². The predicted octanol–water partition coefficient (Wildman–Crippen LogP) is 0.522. The van der Waals surface area contributed by atoms with Gasteiger partial charge in [-0.05, 0) is 33.0 Å². The molecule has 0 saturated carbocycles. The molecule has 2 rings (SSSR count). The second kappa shape index (κ2) is 7.74. The summed E-state index contributed by atoms with van der Waals surface area (Å²) < 4.78 is 1.91. The molecule has 0 bridgehead atoms. The average molecular weight is 329 g/mol. The zero-order chi connectivity index (χ0) is 17.7. The Morgan fingerprint density at radius 2 is 1.92 bits per heavy atom. The molecule has 3 N–H and O–H groups in total. The van der Waals surface area contributed by atoms with Crippen molar-refractivity contribution < 1.29 is 9.59 Å². The van der Waals surface area contributed by atoms with Crippen LogP contribution >= 0.6 is 0 Å². The van der Waals surface area contributed by atoms with Crippen LogP contribution in [0.2, 0.25) is 0 Å². The van der Waals surface area contributed by atoms with Crippen LogP contribution in [-0.4, -0.2) is 46.6 Å². The van der Waals surface area contributed by atoms with E-state index >= 15 is 0 Å². The maximum atomic E-state index is 11.8. The van der Waals surface area contributed by atoms with Crippen LogP contribution in [0.25, 0.3) is 5.69 Å². The first-order valence-electron chi connectivity index (χ1n) is 7.72. The van der Waals surface area contributed by atoms with E-state index in [1.807, 2.05) is 60.8 Å². The van der Waals surface area contributed by atoms with Gasteiger partial charge < -0.3 is 11.1 Å². The zero-order valence-corrected chi connectivity index (χ0v) is 14.2. The predicted molar refractivity (Wildman–Crippen MR) is 91.6 cm³/mol. The number of nitrogens with zero attached hydrogens (tertiary/aromatic N) is 3. The number of rotatable bonds is 7. The molecule has 128 valence electrons. The molecule has 0 unspecified atom stereocenters. The number of hydrogen-bond acceptors (Lipinski definition) is 4. The average Bonchev–Trinajstić information content (AvgIpc) is 2.82. The van der Waals surface area contributed by atoms with Gasteiger partial charge in [0.05, 0.1) is 24.5 Å². The summed E-state index contributed by atoms with van der Waals surface area (Å²) in [6.07, 6.45) is 0. The quantitative estimate of drug-likeness (QED) is 0.774.